The highest BCUT2D eigenvalue weighted by Gasteiger charge is 2.41. The van der Waals surface area contributed by atoms with Gasteiger partial charge in [-0.25, -0.2) is 4.79 Å². The maximum absolute atomic E-state index is 12.7. The van der Waals surface area contributed by atoms with Crippen molar-refractivity contribution in [3.8, 4) is 0 Å². The number of amides is 1. The first-order valence-electron chi connectivity index (χ1n) is 9.32. The Morgan fingerprint density at radius 1 is 1.32 bits per heavy atom. The molecule has 1 fully saturated rings. The van der Waals surface area contributed by atoms with E-state index in [1.165, 1.54) is 0 Å². The van der Waals surface area contributed by atoms with Gasteiger partial charge in [0.2, 0.25) is 0 Å². The summed E-state index contributed by atoms with van der Waals surface area (Å²) in [6.45, 7) is 5.57. The van der Waals surface area contributed by atoms with Crippen LogP contribution in [0.25, 0.3) is 0 Å². The minimum atomic E-state index is -1.03. The van der Waals surface area contributed by atoms with Gasteiger partial charge in [0.05, 0.1) is 31.8 Å². The zero-order valence-electron chi connectivity index (χ0n) is 16.4. The second-order valence-corrected chi connectivity index (χ2v) is 7.81. The fourth-order valence-corrected chi connectivity index (χ4v) is 3.30. The van der Waals surface area contributed by atoms with Crippen LogP contribution in [0.5, 0.6) is 0 Å². The number of methoxy groups -OCH3 is 1. The van der Waals surface area contributed by atoms with Crippen molar-refractivity contribution in [2.75, 3.05) is 33.5 Å². The predicted octanol–water partition coefficient (Wildman–Crippen LogP) is -0.135. The Hall–Kier alpha value is -1.94. The number of rotatable bonds is 8. The maximum atomic E-state index is 12.7. The number of hydrogen-bond donors (Lipinski definition) is 2. The quantitative estimate of drug-likeness (QED) is 0.470. The van der Waals surface area contributed by atoms with Crippen LogP contribution in [0.15, 0.2) is 18.2 Å². The average Bonchev–Trinajstić information content (AvgIpc) is 3.01. The summed E-state index contributed by atoms with van der Waals surface area (Å²) in [5.74, 6) is -1.05. The molecule has 0 radical (unpaired) electrons. The number of esters is 1. The van der Waals surface area contributed by atoms with Gasteiger partial charge in [-0.15, -0.1) is 0 Å². The SMILES string of the molecule is COCC1(COC(=O)C(NC(=O)c2ccc3c(c2)B(O)OC3)C(C)C)COC1. The summed E-state index contributed by atoms with van der Waals surface area (Å²) in [4.78, 5) is 25.3. The van der Waals surface area contributed by atoms with Crippen molar-refractivity contribution >= 4 is 24.5 Å². The average molecular weight is 391 g/mol. The highest BCUT2D eigenvalue weighted by molar-refractivity contribution is 6.61. The topological polar surface area (TPSA) is 103 Å². The fraction of sp³-hybridized carbons (Fsp3) is 0.579. The molecule has 0 spiro atoms. The smallest absolute Gasteiger partial charge is 0.463 e. The van der Waals surface area contributed by atoms with Crippen LogP contribution >= 0.6 is 0 Å². The van der Waals surface area contributed by atoms with Crippen molar-refractivity contribution in [1.82, 2.24) is 5.32 Å². The lowest BCUT2D eigenvalue weighted by Gasteiger charge is -2.40. The van der Waals surface area contributed by atoms with Gasteiger partial charge in [0.1, 0.15) is 12.6 Å². The number of carbonyl (C=O) groups is 2. The number of benzene rings is 1. The molecule has 1 amide bonds. The molecule has 0 aromatic heterocycles. The normalized spacial score (nSPS) is 18.4. The van der Waals surface area contributed by atoms with E-state index >= 15 is 0 Å². The standard InChI is InChI=1S/C19H26BNO7/c1-12(2)16(18(23)27-11-19(8-25-3)9-26-10-19)21-17(22)13-4-5-14-7-28-20(24)15(14)6-13/h4-6,12,16,24H,7-11H2,1-3H3,(H,21,22). The first kappa shape index (κ1) is 20.8. The van der Waals surface area contributed by atoms with Crippen LogP contribution in [0.1, 0.15) is 29.8 Å². The van der Waals surface area contributed by atoms with Crippen LogP contribution in [0.4, 0.5) is 0 Å². The molecular weight excluding hydrogens is 365 g/mol. The number of fused-ring (bicyclic) bond motifs is 1. The molecule has 0 saturated carbocycles. The summed E-state index contributed by atoms with van der Waals surface area (Å²) in [5, 5.41) is 12.6. The Morgan fingerprint density at radius 2 is 2.07 bits per heavy atom. The van der Waals surface area contributed by atoms with Crippen LogP contribution in [0.3, 0.4) is 0 Å². The van der Waals surface area contributed by atoms with Gasteiger partial charge < -0.3 is 29.2 Å². The van der Waals surface area contributed by atoms with Gasteiger partial charge in [-0.3, -0.25) is 4.79 Å². The Morgan fingerprint density at radius 3 is 2.68 bits per heavy atom. The number of ether oxygens (including phenoxy) is 3. The Kier molecular flexibility index (Phi) is 6.39. The lowest BCUT2D eigenvalue weighted by molar-refractivity contribution is -0.184. The van der Waals surface area contributed by atoms with Crippen molar-refractivity contribution < 1.29 is 33.5 Å². The van der Waals surface area contributed by atoms with Gasteiger partial charge in [0, 0.05) is 12.7 Å². The molecule has 2 aliphatic rings. The van der Waals surface area contributed by atoms with Crippen LogP contribution in [0, 0.1) is 11.3 Å². The minimum absolute atomic E-state index is 0.157. The van der Waals surface area contributed by atoms with E-state index in [0.29, 0.717) is 37.5 Å². The van der Waals surface area contributed by atoms with E-state index < -0.39 is 25.0 Å². The van der Waals surface area contributed by atoms with Crippen LogP contribution in [-0.2, 0) is 30.3 Å². The van der Waals surface area contributed by atoms with Crippen molar-refractivity contribution in [3.05, 3.63) is 29.3 Å². The largest absolute Gasteiger partial charge is 0.491 e. The summed E-state index contributed by atoms with van der Waals surface area (Å²) in [6.07, 6.45) is 0. The van der Waals surface area contributed by atoms with Gasteiger partial charge in [0.25, 0.3) is 5.91 Å². The highest BCUT2D eigenvalue weighted by Crippen LogP contribution is 2.28. The summed E-state index contributed by atoms with van der Waals surface area (Å²) < 4.78 is 21.0. The Bertz CT molecular complexity index is 735. The lowest BCUT2D eigenvalue weighted by atomic mass is 9.78. The zero-order valence-corrected chi connectivity index (χ0v) is 16.4. The first-order chi connectivity index (χ1) is 13.3. The van der Waals surface area contributed by atoms with E-state index in [-0.39, 0.29) is 17.9 Å². The van der Waals surface area contributed by atoms with Crippen LogP contribution in [0.2, 0.25) is 0 Å². The van der Waals surface area contributed by atoms with E-state index in [2.05, 4.69) is 5.32 Å². The molecule has 9 heteroatoms. The monoisotopic (exact) mass is 391 g/mol. The fourth-order valence-electron chi connectivity index (χ4n) is 3.30. The van der Waals surface area contributed by atoms with E-state index in [0.717, 1.165) is 5.56 Å². The second kappa shape index (κ2) is 8.61. The van der Waals surface area contributed by atoms with E-state index in [4.69, 9.17) is 18.9 Å². The summed E-state index contributed by atoms with van der Waals surface area (Å²) in [5.41, 5.74) is 1.45. The third-order valence-electron chi connectivity index (χ3n) is 5.07. The van der Waals surface area contributed by atoms with Gasteiger partial charge in [-0.05, 0) is 29.1 Å². The molecule has 2 aliphatic heterocycles. The molecule has 1 unspecified atom stereocenters. The minimum Gasteiger partial charge on any atom is -0.463 e. The molecule has 152 valence electrons. The number of hydrogen-bond acceptors (Lipinski definition) is 7. The molecule has 2 heterocycles. The molecule has 2 N–H and O–H groups in total. The molecule has 8 nitrogen and oxygen atoms in total. The van der Waals surface area contributed by atoms with E-state index in [9.17, 15) is 14.6 Å². The van der Waals surface area contributed by atoms with Gasteiger partial charge in [-0.1, -0.05) is 19.9 Å². The van der Waals surface area contributed by atoms with E-state index in [1.807, 2.05) is 13.8 Å². The molecular formula is C19H26BNO7. The molecule has 3 rings (SSSR count). The zero-order chi connectivity index (χ0) is 20.3. The van der Waals surface area contributed by atoms with Crippen LogP contribution in [-0.4, -0.2) is 63.6 Å². The number of carbonyl (C=O) groups excluding carboxylic acids is 2. The maximum Gasteiger partial charge on any atom is 0.491 e. The summed E-state index contributed by atoms with van der Waals surface area (Å²) in [6, 6.07) is 4.19. The molecule has 0 aliphatic carbocycles. The van der Waals surface area contributed by atoms with Gasteiger partial charge >= 0.3 is 13.1 Å². The molecule has 1 aromatic rings. The number of nitrogens with one attached hydrogen (secondary N) is 1. The lowest BCUT2D eigenvalue weighted by Crippen LogP contribution is -2.52. The third-order valence-corrected chi connectivity index (χ3v) is 5.07. The van der Waals surface area contributed by atoms with Crippen LogP contribution < -0.4 is 10.8 Å². The molecule has 28 heavy (non-hydrogen) atoms. The van der Waals surface area contributed by atoms with Crippen molar-refractivity contribution in [1.29, 1.82) is 0 Å². The predicted molar refractivity (Wildman–Crippen MR) is 101 cm³/mol. The molecule has 1 aromatic carbocycles. The van der Waals surface area contributed by atoms with Crippen molar-refractivity contribution in [2.24, 2.45) is 11.3 Å². The molecule has 1 saturated heterocycles. The molecule has 1 atom stereocenters. The third kappa shape index (κ3) is 4.38. The Balaban J connectivity index is 1.63. The van der Waals surface area contributed by atoms with Gasteiger partial charge in [-0.2, -0.15) is 0 Å². The summed E-state index contributed by atoms with van der Waals surface area (Å²) >= 11 is 0. The van der Waals surface area contributed by atoms with Crippen molar-refractivity contribution in [2.45, 2.75) is 26.5 Å². The first-order valence-corrected chi connectivity index (χ1v) is 9.32. The second-order valence-electron chi connectivity index (χ2n) is 7.81. The Labute approximate surface area is 164 Å². The summed E-state index contributed by atoms with van der Waals surface area (Å²) in [7, 11) is 0.563. The van der Waals surface area contributed by atoms with E-state index in [1.54, 1.807) is 25.3 Å². The highest BCUT2D eigenvalue weighted by atomic mass is 16.6. The van der Waals surface area contributed by atoms with Gasteiger partial charge in [0.15, 0.2) is 0 Å². The van der Waals surface area contributed by atoms with Crippen molar-refractivity contribution in [3.63, 3.8) is 0 Å². The molecule has 0 bridgehead atoms.